The van der Waals surface area contributed by atoms with E-state index in [4.69, 9.17) is 0 Å². The molecule has 0 aliphatic heterocycles. The van der Waals surface area contributed by atoms with Gasteiger partial charge in [-0.25, -0.2) is 8.42 Å². The fourth-order valence-electron chi connectivity index (χ4n) is 2.91. The summed E-state index contributed by atoms with van der Waals surface area (Å²) in [6.45, 7) is 6.25. The Labute approximate surface area is 167 Å². The molecule has 0 bridgehead atoms. The average molecular weight is 405 g/mol. The first-order valence-electron chi connectivity index (χ1n) is 9.46. The van der Waals surface area contributed by atoms with Crippen LogP contribution in [0.1, 0.15) is 37.8 Å². The van der Waals surface area contributed by atoms with Crippen molar-refractivity contribution >= 4 is 21.6 Å². The molecule has 0 heterocycles. The molecule has 28 heavy (non-hydrogen) atoms. The van der Waals surface area contributed by atoms with E-state index < -0.39 is 10.0 Å². The molecule has 6 nitrogen and oxygen atoms in total. The first-order chi connectivity index (χ1) is 13.3. The van der Waals surface area contributed by atoms with Gasteiger partial charge in [0.25, 0.3) is 0 Å². The van der Waals surface area contributed by atoms with Crippen molar-refractivity contribution in [3.8, 4) is 5.75 Å². The van der Waals surface area contributed by atoms with E-state index in [1.165, 1.54) is 28.1 Å². The van der Waals surface area contributed by atoms with Crippen LogP contribution in [-0.2, 0) is 21.2 Å². The topological polar surface area (TPSA) is 86.7 Å². The van der Waals surface area contributed by atoms with Crippen LogP contribution in [0.2, 0.25) is 0 Å². The second kappa shape index (κ2) is 9.71. The number of aromatic hydroxyl groups is 1. The van der Waals surface area contributed by atoms with Crippen molar-refractivity contribution in [2.75, 3.05) is 18.4 Å². The fraction of sp³-hybridized carbons (Fsp3) is 0.381. The molecule has 2 aromatic rings. The maximum atomic E-state index is 12.6. The highest BCUT2D eigenvalue weighted by molar-refractivity contribution is 7.89. The summed E-state index contributed by atoms with van der Waals surface area (Å²) in [5, 5.41) is 12.6. The second-order valence-electron chi connectivity index (χ2n) is 6.66. The molecule has 0 fully saturated rings. The lowest BCUT2D eigenvalue weighted by atomic mass is 10.1. The molecule has 0 saturated carbocycles. The Balaban J connectivity index is 2.02. The first kappa shape index (κ1) is 21.9. The lowest BCUT2D eigenvalue weighted by molar-refractivity contribution is -0.116. The van der Waals surface area contributed by atoms with Crippen molar-refractivity contribution < 1.29 is 18.3 Å². The van der Waals surface area contributed by atoms with Gasteiger partial charge in [0.15, 0.2) is 0 Å². The molecule has 0 aliphatic carbocycles. The average Bonchev–Trinajstić information content (AvgIpc) is 2.66. The minimum atomic E-state index is -3.66. The lowest BCUT2D eigenvalue weighted by Crippen LogP contribution is -2.30. The number of aryl methyl sites for hydroxylation is 2. The molecule has 0 aliphatic rings. The van der Waals surface area contributed by atoms with Gasteiger partial charge in [-0.15, -0.1) is 0 Å². The van der Waals surface area contributed by atoms with E-state index in [1.807, 2.05) is 31.2 Å². The van der Waals surface area contributed by atoms with Crippen molar-refractivity contribution in [1.82, 2.24) is 4.31 Å². The molecule has 7 heteroatoms. The van der Waals surface area contributed by atoms with E-state index in [0.29, 0.717) is 19.5 Å². The van der Waals surface area contributed by atoms with E-state index in [9.17, 15) is 18.3 Å². The molecular formula is C21H28N2O4S. The molecular weight excluding hydrogens is 376 g/mol. The van der Waals surface area contributed by atoms with Gasteiger partial charge in [0.1, 0.15) is 5.75 Å². The predicted octanol–water partition coefficient (Wildman–Crippen LogP) is 3.69. The molecule has 0 saturated heterocycles. The SMILES string of the molecule is CCN(CC)S(=O)(=O)c1ccc(O)c(NC(=O)CCCc2ccc(C)cc2)c1. The number of phenolic OH excluding ortho intramolecular Hbond substituents is 1. The molecule has 2 N–H and O–H groups in total. The molecule has 0 atom stereocenters. The maximum absolute atomic E-state index is 12.6. The van der Waals surface area contributed by atoms with E-state index in [-0.39, 0.29) is 28.7 Å². The summed E-state index contributed by atoms with van der Waals surface area (Å²) in [7, 11) is -3.66. The standard InChI is InChI=1S/C21H28N2O4S/c1-4-23(5-2)28(26,27)18-13-14-20(24)19(15-18)22-21(25)8-6-7-17-11-9-16(3)10-12-17/h9-15,24H,4-8H2,1-3H3,(H,22,25). The largest absolute Gasteiger partial charge is 0.506 e. The van der Waals surface area contributed by atoms with Crippen LogP contribution in [0.4, 0.5) is 5.69 Å². The highest BCUT2D eigenvalue weighted by Gasteiger charge is 2.23. The highest BCUT2D eigenvalue weighted by Crippen LogP contribution is 2.28. The van der Waals surface area contributed by atoms with Crippen molar-refractivity contribution in [2.45, 2.75) is 44.9 Å². The number of carbonyl (C=O) groups excluding carboxylic acids is 1. The van der Waals surface area contributed by atoms with Gasteiger partial charge in [0.05, 0.1) is 10.6 Å². The Morgan fingerprint density at radius 2 is 1.71 bits per heavy atom. The predicted molar refractivity (Wildman–Crippen MR) is 111 cm³/mol. The summed E-state index contributed by atoms with van der Waals surface area (Å²) in [5.41, 5.74) is 2.46. The zero-order chi connectivity index (χ0) is 20.7. The van der Waals surface area contributed by atoms with E-state index in [0.717, 1.165) is 12.0 Å². The number of amides is 1. The van der Waals surface area contributed by atoms with Gasteiger partial charge < -0.3 is 10.4 Å². The summed E-state index contributed by atoms with van der Waals surface area (Å²) in [4.78, 5) is 12.3. The summed E-state index contributed by atoms with van der Waals surface area (Å²) in [6.07, 6.45) is 1.71. The van der Waals surface area contributed by atoms with Gasteiger partial charge in [-0.2, -0.15) is 4.31 Å². The van der Waals surface area contributed by atoms with Gasteiger partial charge in [-0.1, -0.05) is 43.7 Å². The Morgan fingerprint density at radius 1 is 1.07 bits per heavy atom. The molecule has 1 amide bonds. The third-order valence-corrected chi connectivity index (χ3v) is 6.62. The van der Waals surface area contributed by atoms with Gasteiger partial charge in [-0.3, -0.25) is 4.79 Å². The molecule has 0 unspecified atom stereocenters. The van der Waals surface area contributed by atoms with Crippen molar-refractivity contribution in [3.63, 3.8) is 0 Å². The normalized spacial score (nSPS) is 11.6. The Hall–Kier alpha value is -2.38. The second-order valence-corrected chi connectivity index (χ2v) is 8.59. The summed E-state index contributed by atoms with van der Waals surface area (Å²) >= 11 is 0. The minimum absolute atomic E-state index is 0.0453. The molecule has 0 spiro atoms. The van der Waals surface area contributed by atoms with Gasteiger partial charge in [0, 0.05) is 19.5 Å². The number of benzene rings is 2. The zero-order valence-electron chi connectivity index (χ0n) is 16.6. The number of hydrogen-bond acceptors (Lipinski definition) is 4. The van der Waals surface area contributed by atoms with E-state index >= 15 is 0 Å². The number of phenols is 1. The number of carbonyl (C=O) groups is 1. The Morgan fingerprint density at radius 3 is 2.32 bits per heavy atom. The Kier molecular flexibility index (Phi) is 7.60. The van der Waals surface area contributed by atoms with Crippen LogP contribution in [-0.4, -0.2) is 36.8 Å². The van der Waals surface area contributed by atoms with Crippen molar-refractivity contribution in [3.05, 3.63) is 53.6 Å². The van der Waals surface area contributed by atoms with Crippen LogP contribution in [0.3, 0.4) is 0 Å². The third-order valence-electron chi connectivity index (χ3n) is 4.58. The third kappa shape index (κ3) is 5.56. The number of rotatable bonds is 9. The van der Waals surface area contributed by atoms with Crippen LogP contribution in [0.25, 0.3) is 0 Å². The van der Waals surface area contributed by atoms with E-state index in [1.54, 1.807) is 13.8 Å². The van der Waals surface area contributed by atoms with Crippen LogP contribution in [0, 0.1) is 6.92 Å². The molecule has 152 valence electrons. The number of nitrogens with zero attached hydrogens (tertiary/aromatic N) is 1. The number of sulfonamides is 1. The number of nitrogens with one attached hydrogen (secondary N) is 1. The zero-order valence-corrected chi connectivity index (χ0v) is 17.4. The van der Waals surface area contributed by atoms with Crippen LogP contribution in [0.15, 0.2) is 47.4 Å². The van der Waals surface area contributed by atoms with E-state index in [2.05, 4.69) is 5.32 Å². The molecule has 2 rings (SSSR count). The fourth-order valence-corrected chi connectivity index (χ4v) is 4.39. The van der Waals surface area contributed by atoms with Gasteiger partial charge in [-0.05, 0) is 43.5 Å². The first-order valence-corrected chi connectivity index (χ1v) is 10.9. The summed E-state index contributed by atoms with van der Waals surface area (Å²) in [5.74, 6) is -0.426. The Bertz CT molecular complexity index is 905. The van der Waals surface area contributed by atoms with Crippen LogP contribution >= 0.6 is 0 Å². The molecule has 0 radical (unpaired) electrons. The monoisotopic (exact) mass is 404 g/mol. The lowest BCUT2D eigenvalue weighted by Gasteiger charge is -2.19. The van der Waals surface area contributed by atoms with Crippen molar-refractivity contribution in [2.24, 2.45) is 0 Å². The molecule has 2 aromatic carbocycles. The molecule has 0 aromatic heterocycles. The van der Waals surface area contributed by atoms with Gasteiger partial charge in [0.2, 0.25) is 15.9 Å². The van der Waals surface area contributed by atoms with Crippen LogP contribution in [0.5, 0.6) is 5.75 Å². The van der Waals surface area contributed by atoms with Crippen LogP contribution < -0.4 is 5.32 Å². The number of anilines is 1. The smallest absolute Gasteiger partial charge is 0.243 e. The van der Waals surface area contributed by atoms with Gasteiger partial charge >= 0.3 is 0 Å². The summed E-state index contributed by atoms with van der Waals surface area (Å²) < 4.78 is 26.6. The maximum Gasteiger partial charge on any atom is 0.243 e. The quantitative estimate of drug-likeness (QED) is 0.624. The minimum Gasteiger partial charge on any atom is -0.506 e. The number of hydrogen-bond donors (Lipinski definition) is 2. The highest BCUT2D eigenvalue weighted by atomic mass is 32.2. The summed E-state index contributed by atoms with van der Waals surface area (Å²) in [6, 6.07) is 12.1. The van der Waals surface area contributed by atoms with Crippen molar-refractivity contribution in [1.29, 1.82) is 0 Å².